The van der Waals surface area contributed by atoms with Gasteiger partial charge in [0.15, 0.2) is 0 Å². The van der Waals surface area contributed by atoms with E-state index >= 15 is 0 Å². The number of ether oxygens (including phenoxy) is 8. The first-order valence-corrected chi connectivity index (χ1v) is 32.5. The van der Waals surface area contributed by atoms with Gasteiger partial charge in [-0.2, -0.15) is 0 Å². The van der Waals surface area contributed by atoms with Gasteiger partial charge >= 0.3 is 11.9 Å². The third kappa shape index (κ3) is 18.1. The van der Waals surface area contributed by atoms with Gasteiger partial charge in [-0.25, -0.2) is 4.79 Å². The monoisotopic (exact) mass is 939 g/mol. The Morgan fingerprint density at radius 2 is 1.49 bits per heavy atom. The Morgan fingerprint density at radius 1 is 0.815 bits per heavy atom. The molecule has 5 rings (SSSR count). The molecule has 2 fully saturated rings. The molecule has 0 saturated carbocycles. The molecule has 7 atom stereocenters. The van der Waals surface area contributed by atoms with Gasteiger partial charge < -0.3 is 37.9 Å². The van der Waals surface area contributed by atoms with Crippen LogP contribution >= 0.6 is 0 Å². The van der Waals surface area contributed by atoms with E-state index in [9.17, 15) is 9.59 Å². The predicted molar refractivity (Wildman–Crippen MR) is 264 cm³/mol. The molecular formula is C53H86O10Si2. The lowest BCUT2D eigenvalue weighted by Crippen LogP contribution is -2.45. The number of rotatable bonds is 26. The summed E-state index contributed by atoms with van der Waals surface area (Å²) in [5, 5.41) is 0. The molecule has 0 radical (unpaired) electrons. The average molecular weight is 939 g/mol. The summed E-state index contributed by atoms with van der Waals surface area (Å²) in [6.07, 6.45) is 11.9. The maximum atomic E-state index is 13.5. The zero-order valence-corrected chi connectivity index (χ0v) is 44.2. The highest BCUT2D eigenvalue weighted by Gasteiger charge is 2.43. The molecule has 3 heterocycles. The maximum Gasteiger partial charge on any atom is 0.345 e. The van der Waals surface area contributed by atoms with E-state index in [1.165, 1.54) is 0 Å². The van der Waals surface area contributed by atoms with Crippen molar-refractivity contribution in [1.29, 1.82) is 0 Å². The van der Waals surface area contributed by atoms with Crippen molar-refractivity contribution in [1.82, 2.24) is 0 Å². The Bertz CT molecular complexity index is 1750. The predicted octanol–water partition coefficient (Wildman–Crippen LogP) is 12.6. The van der Waals surface area contributed by atoms with Gasteiger partial charge in [0.1, 0.15) is 18.1 Å². The number of hydrogen-bond acceptors (Lipinski definition) is 10. The van der Waals surface area contributed by atoms with Gasteiger partial charge in [0, 0.05) is 43.0 Å². The van der Waals surface area contributed by atoms with Gasteiger partial charge in [0.05, 0.1) is 55.3 Å². The van der Waals surface area contributed by atoms with E-state index in [0.717, 1.165) is 93.8 Å². The minimum Gasteiger partial charge on any atom is -0.466 e. The number of carbonyl (C=O) groups is 2. The van der Waals surface area contributed by atoms with Crippen LogP contribution in [0.4, 0.5) is 0 Å². The minimum absolute atomic E-state index is 0.0472. The van der Waals surface area contributed by atoms with Gasteiger partial charge in [-0.1, -0.05) is 88.7 Å². The molecule has 12 heteroatoms. The molecule has 0 aliphatic carbocycles. The summed E-state index contributed by atoms with van der Waals surface area (Å²) < 4.78 is 50.6. The molecule has 0 amide bonds. The average Bonchev–Trinajstić information content (AvgIpc) is 3.23. The van der Waals surface area contributed by atoms with Gasteiger partial charge in [-0.05, 0) is 126 Å². The van der Waals surface area contributed by atoms with Gasteiger partial charge in [0.25, 0.3) is 0 Å². The first-order chi connectivity index (χ1) is 30.7. The number of benzene rings is 2. The van der Waals surface area contributed by atoms with E-state index in [1.54, 1.807) is 13.8 Å². The van der Waals surface area contributed by atoms with Crippen molar-refractivity contribution in [2.24, 2.45) is 11.3 Å². The summed E-state index contributed by atoms with van der Waals surface area (Å²) in [5.74, 6) is -0.591. The number of aryl methyl sites for hydroxylation is 1. The molecule has 3 aliphatic rings. The SMILES string of the molecule is C[C@@H](CC[C@@H]1CCC[C@H](CCCc2cccc3c2C(=O)OC(C)(C)O3)O1)[C@@H](C[C@H](C[C@@H]1CCC[C@H](C(C)(C)C(=O)OCC[Si](C)(C)C)O1)OCOCC[Si](C)(C)C)OCc1ccccc1. The summed E-state index contributed by atoms with van der Waals surface area (Å²) in [4.78, 5) is 26.4. The van der Waals surface area contributed by atoms with Crippen LogP contribution in [0.15, 0.2) is 48.5 Å². The van der Waals surface area contributed by atoms with Crippen LogP contribution in [0, 0.1) is 11.3 Å². The highest BCUT2D eigenvalue weighted by molar-refractivity contribution is 6.76. The third-order valence-corrected chi connectivity index (χ3v) is 16.9. The van der Waals surface area contributed by atoms with Crippen molar-refractivity contribution in [2.45, 2.75) is 218 Å². The largest absolute Gasteiger partial charge is 0.466 e. The standard InChI is InChI=1S/C53H86O10Si2/c1-39(29-30-43-25-17-24-42(60-43)23-15-21-41-22-16-27-46-49(41)50(54)63-53(4,5)62-46)47(58-37-40-19-13-12-14-20-40)36-45(59-38-56-31-33-64(6,7)8)35-44-26-18-28-48(61-44)52(2,3)51(55)57-32-34-65(9,10)11/h12-14,16,19-20,22,27,39,42-45,47-48H,15,17-18,21,23-26,28-38H2,1-11H3/t39-,42-,43-,44-,45-,47+,48+/m0/s1. The van der Waals surface area contributed by atoms with Crippen LogP contribution in [0.25, 0.3) is 0 Å². The molecule has 0 bridgehead atoms. The first kappa shape index (κ1) is 53.4. The van der Waals surface area contributed by atoms with Crippen molar-refractivity contribution < 1.29 is 47.5 Å². The molecule has 2 aromatic rings. The van der Waals surface area contributed by atoms with Crippen molar-refractivity contribution in [3.63, 3.8) is 0 Å². The number of cyclic esters (lactones) is 1. The van der Waals surface area contributed by atoms with Crippen LogP contribution in [0.3, 0.4) is 0 Å². The Labute approximate surface area is 394 Å². The molecule has 10 nitrogen and oxygen atoms in total. The van der Waals surface area contributed by atoms with Crippen LogP contribution in [0.2, 0.25) is 51.4 Å². The Hall–Kier alpha value is -2.59. The molecule has 2 aromatic carbocycles. The molecular weight excluding hydrogens is 853 g/mol. The number of hydrogen-bond donors (Lipinski definition) is 0. The first-order valence-electron chi connectivity index (χ1n) is 25.0. The fraction of sp³-hybridized carbons (Fsp3) is 0.736. The lowest BCUT2D eigenvalue weighted by molar-refractivity contribution is -0.176. The highest BCUT2D eigenvalue weighted by Crippen LogP contribution is 2.38. The molecule has 0 unspecified atom stereocenters. The van der Waals surface area contributed by atoms with Gasteiger partial charge in [-0.15, -0.1) is 0 Å². The lowest BCUT2D eigenvalue weighted by atomic mass is 9.81. The highest BCUT2D eigenvalue weighted by atomic mass is 28.3. The number of esters is 2. The van der Waals surface area contributed by atoms with Crippen LogP contribution in [-0.4, -0.2) is 90.5 Å². The summed E-state index contributed by atoms with van der Waals surface area (Å²) >= 11 is 0. The zero-order chi connectivity index (χ0) is 47.3. The van der Waals surface area contributed by atoms with Gasteiger partial charge in [-0.3, -0.25) is 4.79 Å². The molecule has 366 valence electrons. The van der Waals surface area contributed by atoms with Gasteiger partial charge in [0.2, 0.25) is 5.79 Å². The fourth-order valence-electron chi connectivity index (χ4n) is 9.20. The van der Waals surface area contributed by atoms with E-state index in [2.05, 4.69) is 70.5 Å². The smallest absolute Gasteiger partial charge is 0.345 e. The van der Waals surface area contributed by atoms with Crippen molar-refractivity contribution in [2.75, 3.05) is 20.0 Å². The van der Waals surface area contributed by atoms with Crippen LogP contribution in [-0.2, 0) is 51.0 Å². The van der Waals surface area contributed by atoms with E-state index in [0.29, 0.717) is 44.0 Å². The van der Waals surface area contributed by atoms with Crippen LogP contribution in [0.1, 0.15) is 133 Å². The summed E-state index contributed by atoms with van der Waals surface area (Å²) in [5.41, 5.74) is 1.93. The van der Waals surface area contributed by atoms with E-state index in [-0.39, 0.29) is 61.3 Å². The van der Waals surface area contributed by atoms with Crippen LogP contribution < -0.4 is 4.74 Å². The minimum atomic E-state index is -1.33. The molecule has 0 spiro atoms. The normalized spacial score (nSPS) is 22.8. The van der Waals surface area contributed by atoms with E-state index < -0.39 is 27.3 Å². The van der Waals surface area contributed by atoms with Crippen molar-refractivity contribution >= 4 is 28.1 Å². The Morgan fingerprint density at radius 3 is 2.22 bits per heavy atom. The molecule has 3 aliphatic heterocycles. The summed E-state index contributed by atoms with van der Waals surface area (Å²) in [6, 6.07) is 18.3. The molecule has 0 aromatic heterocycles. The Balaban J connectivity index is 1.20. The lowest BCUT2D eigenvalue weighted by Gasteiger charge is -2.40. The fourth-order valence-corrected chi connectivity index (χ4v) is 10.7. The molecule has 2 saturated heterocycles. The van der Waals surface area contributed by atoms with Crippen LogP contribution in [0.5, 0.6) is 5.75 Å². The molecule has 65 heavy (non-hydrogen) atoms. The van der Waals surface area contributed by atoms with Crippen molar-refractivity contribution in [3.8, 4) is 5.75 Å². The quantitative estimate of drug-likeness (QED) is 0.0391. The second kappa shape index (κ2) is 24.6. The second-order valence-electron chi connectivity index (χ2n) is 22.7. The summed E-state index contributed by atoms with van der Waals surface area (Å²) in [6.45, 7) is 25.7. The second-order valence-corrected chi connectivity index (χ2v) is 34.0. The zero-order valence-electron chi connectivity index (χ0n) is 42.2. The number of fused-ring (bicyclic) bond motifs is 1. The van der Waals surface area contributed by atoms with E-state index in [4.69, 9.17) is 37.9 Å². The van der Waals surface area contributed by atoms with E-state index in [1.807, 2.05) is 38.1 Å². The topological polar surface area (TPSA) is 108 Å². The summed E-state index contributed by atoms with van der Waals surface area (Å²) in [7, 11) is -2.58. The molecule has 0 N–H and O–H groups in total. The number of carbonyl (C=O) groups excluding carboxylic acids is 2. The third-order valence-electron chi connectivity index (χ3n) is 13.5. The van der Waals surface area contributed by atoms with Crippen molar-refractivity contribution in [3.05, 3.63) is 65.2 Å². The Kier molecular flexibility index (Phi) is 20.2. The maximum absolute atomic E-state index is 13.5.